The summed E-state index contributed by atoms with van der Waals surface area (Å²) in [6.45, 7) is 4.10. The number of aliphatic hydroxyl groups is 2. The fraction of sp³-hybridized carbons (Fsp3) is 0.385. The Morgan fingerprint density at radius 1 is 1.08 bits per heavy atom. The molecule has 3 aromatic rings. The molecular weight excluding hydrogens is 483 g/mol. The van der Waals surface area contributed by atoms with E-state index in [1.165, 1.54) is 22.8 Å². The molecule has 0 saturated carbocycles. The van der Waals surface area contributed by atoms with Gasteiger partial charge >= 0.3 is 11.4 Å². The van der Waals surface area contributed by atoms with E-state index >= 15 is 0 Å². The zero-order chi connectivity index (χ0) is 27.1. The number of anilines is 2. The molecule has 0 fully saturated rings. The summed E-state index contributed by atoms with van der Waals surface area (Å²) < 4.78 is 21.8. The minimum atomic E-state index is -0.967. The molecule has 0 radical (unpaired) electrons. The summed E-state index contributed by atoms with van der Waals surface area (Å²) in [5.41, 5.74) is 0.235. The molecule has 1 heterocycles. The normalized spacial score (nSPS) is 11.2. The number of halogens is 1. The van der Waals surface area contributed by atoms with Crippen LogP contribution >= 0.6 is 0 Å². The van der Waals surface area contributed by atoms with Gasteiger partial charge in [-0.2, -0.15) is 4.98 Å². The lowest BCUT2D eigenvalue weighted by Gasteiger charge is -2.17. The maximum absolute atomic E-state index is 14.5. The summed E-state index contributed by atoms with van der Waals surface area (Å²) >= 11 is 0. The standard InChI is InChI=1S/C26H31FN4O6/c1-16(2)37-23-9-8-20(11-22(23)27)28-24-29-25(35)31(13-21(34)10-19(14-32)15-33)26(36)30(24)12-18-6-4-17(3)5-7-18/h4-9,11,16,19,32-33H,10,12-15H2,1-3H3,(H,28,29,35). The molecular formula is C26H31FN4O6. The van der Waals surface area contributed by atoms with Gasteiger partial charge in [-0.05, 0) is 38.5 Å². The smallest absolute Gasteiger partial charge is 0.355 e. The van der Waals surface area contributed by atoms with Crippen LogP contribution in [0.1, 0.15) is 31.4 Å². The molecule has 1 aromatic heterocycles. The Balaban J connectivity index is 2.00. The molecule has 0 amide bonds. The van der Waals surface area contributed by atoms with Crippen molar-refractivity contribution in [1.29, 1.82) is 0 Å². The monoisotopic (exact) mass is 514 g/mol. The number of hydrogen-bond acceptors (Lipinski definition) is 8. The van der Waals surface area contributed by atoms with Crippen molar-refractivity contribution >= 4 is 17.4 Å². The second kappa shape index (κ2) is 12.4. The van der Waals surface area contributed by atoms with Gasteiger partial charge in [0.05, 0.1) is 19.2 Å². The summed E-state index contributed by atoms with van der Waals surface area (Å²) in [7, 11) is 0. The minimum Gasteiger partial charge on any atom is -0.488 e. The number of aliphatic hydroxyl groups excluding tert-OH is 2. The molecule has 3 N–H and O–H groups in total. The predicted octanol–water partition coefficient (Wildman–Crippen LogP) is 1.99. The average molecular weight is 515 g/mol. The molecule has 0 aliphatic heterocycles. The van der Waals surface area contributed by atoms with Crippen LogP contribution in [0.3, 0.4) is 0 Å². The predicted molar refractivity (Wildman–Crippen MR) is 136 cm³/mol. The summed E-state index contributed by atoms with van der Waals surface area (Å²) in [6.07, 6.45) is -0.434. The van der Waals surface area contributed by atoms with E-state index in [0.29, 0.717) is 4.57 Å². The Bertz CT molecular complexity index is 1350. The van der Waals surface area contributed by atoms with Gasteiger partial charge in [-0.3, -0.25) is 9.36 Å². The number of Topliss-reactive ketones (excluding diaryl/α,β-unsaturated/α-hetero) is 1. The van der Waals surface area contributed by atoms with Gasteiger partial charge in [0.25, 0.3) is 0 Å². The van der Waals surface area contributed by atoms with E-state index in [4.69, 9.17) is 4.74 Å². The lowest BCUT2D eigenvalue weighted by atomic mass is 10.0. The van der Waals surface area contributed by atoms with Gasteiger partial charge in [-0.15, -0.1) is 0 Å². The van der Waals surface area contributed by atoms with Gasteiger partial charge in [0.2, 0.25) is 5.95 Å². The first-order chi connectivity index (χ1) is 17.6. The Labute approximate surface area is 213 Å². The number of aryl methyl sites for hydroxylation is 1. The number of nitrogens with one attached hydrogen (secondary N) is 1. The van der Waals surface area contributed by atoms with Crippen LogP contribution in [0.4, 0.5) is 16.0 Å². The number of nitrogens with zero attached hydrogens (tertiary/aromatic N) is 3. The number of ketones is 1. The van der Waals surface area contributed by atoms with Crippen LogP contribution in [-0.4, -0.2) is 49.4 Å². The molecule has 0 unspecified atom stereocenters. The van der Waals surface area contributed by atoms with Crippen molar-refractivity contribution in [3.8, 4) is 5.75 Å². The third-order valence-electron chi connectivity index (χ3n) is 5.53. The van der Waals surface area contributed by atoms with E-state index in [1.807, 2.05) is 31.2 Å². The molecule has 0 aliphatic carbocycles. The zero-order valence-corrected chi connectivity index (χ0v) is 21.0. The SMILES string of the molecule is Cc1ccc(Cn2c(Nc3ccc(OC(C)C)c(F)c3)nc(=O)n(CC(=O)CC(CO)CO)c2=O)cc1. The first-order valence-corrected chi connectivity index (χ1v) is 11.8. The van der Waals surface area contributed by atoms with Crippen molar-refractivity contribution in [1.82, 2.24) is 14.1 Å². The van der Waals surface area contributed by atoms with Crippen LogP contribution in [-0.2, 0) is 17.9 Å². The number of aromatic nitrogens is 3. The molecule has 0 bridgehead atoms. The summed E-state index contributed by atoms with van der Waals surface area (Å²) in [4.78, 5) is 42.5. The van der Waals surface area contributed by atoms with Gasteiger partial charge in [0.15, 0.2) is 17.3 Å². The molecule has 0 spiro atoms. The highest BCUT2D eigenvalue weighted by molar-refractivity contribution is 5.78. The van der Waals surface area contributed by atoms with E-state index in [-0.39, 0.29) is 36.5 Å². The number of carbonyl (C=O) groups is 1. The van der Waals surface area contributed by atoms with Crippen LogP contribution in [0.15, 0.2) is 52.1 Å². The maximum atomic E-state index is 14.5. The Kier molecular flexibility index (Phi) is 9.31. The number of rotatable bonds is 12. The quantitative estimate of drug-likeness (QED) is 0.334. The molecule has 198 valence electrons. The molecule has 3 rings (SSSR count). The van der Waals surface area contributed by atoms with Crippen molar-refractivity contribution in [2.24, 2.45) is 5.92 Å². The van der Waals surface area contributed by atoms with Gasteiger partial charge in [0.1, 0.15) is 0 Å². The Morgan fingerprint density at radius 2 is 1.76 bits per heavy atom. The molecule has 2 aromatic carbocycles. The van der Waals surface area contributed by atoms with Crippen molar-refractivity contribution in [3.63, 3.8) is 0 Å². The highest BCUT2D eigenvalue weighted by atomic mass is 19.1. The first kappa shape index (κ1) is 27.8. The highest BCUT2D eigenvalue weighted by Gasteiger charge is 2.19. The number of hydrogen-bond donors (Lipinski definition) is 3. The summed E-state index contributed by atoms with van der Waals surface area (Å²) in [5.74, 6) is -1.90. The van der Waals surface area contributed by atoms with Gasteiger partial charge < -0.3 is 20.3 Å². The van der Waals surface area contributed by atoms with E-state index in [0.717, 1.165) is 11.1 Å². The summed E-state index contributed by atoms with van der Waals surface area (Å²) in [5, 5.41) is 21.3. The van der Waals surface area contributed by atoms with E-state index in [1.54, 1.807) is 13.8 Å². The van der Waals surface area contributed by atoms with Crippen LogP contribution in [0.5, 0.6) is 5.75 Å². The van der Waals surface area contributed by atoms with E-state index in [2.05, 4.69) is 10.3 Å². The Hall–Kier alpha value is -3.83. The second-order valence-electron chi connectivity index (χ2n) is 9.07. The Morgan fingerprint density at radius 3 is 2.35 bits per heavy atom. The van der Waals surface area contributed by atoms with Crippen LogP contribution in [0.2, 0.25) is 0 Å². The fourth-order valence-electron chi connectivity index (χ4n) is 3.59. The molecule has 37 heavy (non-hydrogen) atoms. The molecule has 10 nitrogen and oxygen atoms in total. The molecule has 0 atom stereocenters. The van der Waals surface area contributed by atoms with Crippen LogP contribution in [0.25, 0.3) is 0 Å². The maximum Gasteiger partial charge on any atom is 0.355 e. The van der Waals surface area contributed by atoms with Crippen molar-refractivity contribution in [3.05, 3.63) is 80.4 Å². The minimum absolute atomic E-state index is 0.0237. The largest absolute Gasteiger partial charge is 0.488 e. The fourth-order valence-corrected chi connectivity index (χ4v) is 3.59. The third-order valence-corrected chi connectivity index (χ3v) is 5.53. The number of benzene rings is 2. The van der Waals surface area contributed by atoms with Crippen molar-refractivity contribution in [2.75, 3.05) is 18.5 Å². The van der Waals surface area contributed by atoms with Gasteiger partial charge in [0, 0.05) is 37.3 Å². The molecule has 11 heteroatoms. The summed E-state index contributed by atoms with van der Waals surface area (Å²) in [6, 6.07) is 11.5. The highest BCUT2D eigenvalue weighted by Crippen LogP contribution is 2.24. The lowest BCUT2D eigenvalue weighted by Crippen LogP contribution is -2.44. The van der Waals surface area contributed by atoms with Gasteiger partial charge in [-0.25, -0.2) is 18.5 Å². The van der Waals surface area contributed by atoms with E-state index in [9.17, 15) is 29.0 Å². The average Bonchev–Trinajstić information content (AvgIpc) is 2.85. The second-order valence-corrected chi connectivity index (χ2v) is 9.07. The van der Waals surface area contributed by atoms with Crippen LogP contribution < -0.4 is 21.4 Å². The number of carbonyl (C=O) groups excluding carboxylic acids is 1. The molecule has 0 aliphatic rings. The van der Waals surface area contributed by atoms with Crippen molar-refractivity contribution < 1.29 is 24.1 Å². The van der Waals surface area contributed by atoms with Crippen LogP contribution in [0, 0.1) is 18.7 Å². The first-order valence-electron chi connectivity index (χ1n) is 11.8. The van der Waals surface area contributed by atoms with Gasteiger partial charge in [-0.1, -0.05) is 29.8 Å². The number of ether oxygens (including phenoxy) is 1. The zero-order valence-electron chi connectivity index (χ0n) is 21.0. The van der Waals surface area contributed by atoms with Crippen molar-refractivity contribution in [2.45, 2.75) is 46.4 Å². The topological polar surface area (TPSA) is 136 Å². The van der Waals surface area contributed by atoms with E-state index < -0.39 is 48.7 Å². The lowest BCUT2D eigenvalue weighted by molar-refractivity contribution is -0.121. The molecule has 0 saturated heterocycles. The third kappa shape index (κ3) is 7.34.